The molecule has 1 N–H and O–H groups in total. The lowest BCUT2D eigenvalue weighted by Gasteiger charge is -2.18. The van der Waals surface area contributed by atoms with Crippen LogP contribution in [0.1, 0.15) is 38.8 Å². The van der Waals surface area contributed by atoms with Gasteiger partial charge in [-0.15, -0.1) is 0 Å². The predicted molar refractivity (Wildman–Crippen MR) is 76.0 cm³/mol. The van der Waals surface area contributed by atoms with Crippen LogP contribution < -0.4 is 5.32 Å². The van der Waals surface area contributed by atoms with Gasteiger partial charge in [-0.3, -0.25) is 0 Å². The van der Waals surface area contributed by atoms with Gasteiger partial charge in [0, 0.05) is 18.8 Å². The summed E-state index contributed by atoms with van der Waals surface area (Å²) >= 11 is 0. The van der Waals surface area contributed by atoms with Crippen LogP contribution in [0.5, 0.6) is 0 Å². The van der Waals surface area contributed by atoms with Gasteiger partial charge in [-0.2, -0.15) is 0 Å². The van der Waals surface area contributed by atoms with Crippen molar-refractivity contribution >= 4 is 5.95 Å². The molecule has 0 aliphatic heterocycles. The largest absolute Gasteiger partial charge is 0.353 e. The first kappa shape index (κ1) is 13.4. The van der Waals surface area contributed by atoms with Gasteiger partial charge < -0.3 is 14.8 Å². The number of aryl methyl sites for hydroxylation is 2. The highest BCUT2D eigenvalue weighted by Crippen LogP contribution is 2.24. The summed E-state index contributed by atoms with van der Waals surface area (Å²) in [6.45, 7) is 11.0. The van der Waals surface area contributed by atoms with Crippen molar-refractivity contribution in [2.75, 3.05) is 25.0 Å². The van der Waals surface area contributed by atoms with Crippen molar-refractivity contribution in [2.24, 2.45) is 0 Å². The van der Waals surface area contributed by atoms with E-state index >= 15 is 0 Å². The summed E-state index contributed by atoms with van der Waals surface area (Å²) in [6, 6.07) is 0.674. The second-order valence-corrected chi connectivity index (χ2v) is 5.20. The third kappa shape index (κ3) is 3.73. The zero-order valence-corrected chi connectivity index (χ0v) is 11.9. The molecule has 1 aliphatic rings. The Kier molecular flexibility index (Phi) is 4.64. The maximum atomic E-state index is 4.57. The lowest BCUT2D eigenvalue weighted by atomic mass is 10.3. The monoisotopic (exact) mass is 250 g/mol. The fourth-order valence-corrected chi connectivity index (χ4v) is 2.25. The Bertz CT molecular complexity index is 364. The summed E-state index contributed by atoms with van der Waals surface area (Å²) in [4.78, 5) is 7.04. The Morgan fingerprint density at radius 2 is 2.11 bits per heavy atom. The van der Waals surface area contributed by atoms with Crippen molar-refractivity contribution in [3.8, 4) is 0 Å². The van der Waals surface area contributed by atoms with E-state index < -0.39 is 0 Å². The zero-order valence-electron chi connectivity index (χ0n) is 11.9. The lowest BCUT2D eigenvalue weighted by molar-refractivity contribution is 0.293. The molecule has 0 aromatic carbocycles. The van der Waals surface area contributed by atoms with Crippen LogP contribution >= 0.6 is 0 Å². The average Bonchev–Trinajstić information content (AvgIpc) is 3.09. The van der Waals surface area contributed by atoms with E-state index in [2.05, 4.69) is 46.7 Å². The van der Waals surface area contributed by atoms with E-state index in [0.29, 0.717) is 6.04 Å². The van der Waals surface area contributed by atoms with Crippen LogP contribution in [0.2, 0.25) is 0 Å². The molecule has 0 unspecified atom stereocenters. The molecule has 2 rings (SSSR count). The van der Waals surface area contributed by atoms with Crippen LogP contribution in [0.3, 0.4) is 0 Å². The molecule has 4 heteroatoms. The molecule has 1 aromatic heterocycles. The standard InChI is InChI=1S/C14H26N4/c1-4-17(5-2)9-6-10-18-11-12(3)15-14(18)16-13-7-8-13/h11,13H,4-10H2,1-3H3,(H,15,16). The minimum atomic E-state index is 0.674. The van der Waals surface area contributed by atoms with Crippen molar-refractivity contribution in [3.63, 3.8) is 0 Å². The summed E-state index contributed by atoms with van der Waals surface area (Å²) in [5.74, 6) is 1.06. The van der Waals surface area contributed by atoms with Gasteiger partial charge in [0.1, 0.15) is 0 Å². The van der Waals surface area contributed by atoms with Crippen molar-refractivity contribution in [3.05, 3.63) is 11.9 Å². The molecular formula is C14H26N4. The fourth-order valence-electron chi connectivity index (χ4n) is 2.25. The highest BCUT2D eigenvalue weighted by Gasteiger charge is 2.22. The number of hydrogen-bond donors (Lipinski definition) is 1. The summed E-state index contributed by atoms with van der Waals surface area (Å²) < 4.78 is 2.27. The van der Waals surface area contributed by atoms with Gasteiger partial charge in [0.2, 0.25) is 5.95 Å². The van der Waals surface area contributed by atoms with Crippen LogP contribution in [0.4, 0.5) is 5.95 Å². The highest BCUT2D eigenvalue weighted by atomic mass is 15.2. The van der Waals surface area contributed by atoms with Gasteiger partial charge in [-0.1, -0.05) is 13.8 Å². The Morgan fingerprint density at radius 1 is 1.39 bits per heavy atom. The number of rotatable bonds is 8. The fraction of sp³-hybridized carbons (Fsp3) is 0.786. The van der Waals surface area contributed by atoms with Crippen LogP contribution in [-0.4, -0.2) is 40.1 Å². The van der Waals surface area contributed by atoms with Crippen LogP contribution in [0, 0.1) is 6.92 Å². The molecule has 0 saturated heterocycles. The average molecular weight is 250 g/mol. The van der Waals surface area contributed by atoms with E-state index in [-0.39, 0.29) is 0 Å². The van der Waals surface area contributed by atoms with Gasteiger partial charge in [0.05, 0.1) is 5.69 Å². The molecule has 0 amide bonds. The topological polar surface area (TPSA) is 33.1 Å². The second-order valence-electron chi connectivity index (χ2n) is 5.20. The van der Waals surface area contributed by atoms with Gasteiger partial charge >= 0.3 is 0 Å². The zero-order chi connectivity index (χ0) is 13.0. The van der Waals surface area contributed by atoms with Crippen LogP contribution in [0.25, 0.3) is 0 Å². The summed E-state index contributed by atoms with van der Waals surface area (Å²) in [5.41, 5.74) is 1.11. The number of hydrogen-bond acceptors (Lipinski definition) is 3. The summed E-state index contributed by atoms with van der Waals surface area (Å²) in [5, 5.41) is 3.51. The lowest BCUT2D eigenvalue weighted by Crippen LogP contribution is -2.25. The van der Waals surface area contributed by atoms with Crippen molar-refractivity contribution < 1.29 is 0 Å². The highest BCUT2D eigenvalue weighted by molar-refractivity contribution is 5.32. The minimum absolute atomic E-state index is 0.674. The quantitative estimate of drug-likeness (QED) is 0.769. The number of imidazole rings is 1. The number of aromatic nitrogens is 2. The molecule has 0 bridgehead atoms. The molecule has 4 nitrogen and oxygen atoms in total. The normalized spacial score (nSPS) is 15.3. The Morgan fingerprint density at radius 3 is 2.72 bits per heavy atom. The van der Waals surface area contributed by atoms with E-state index in [4.69, 9.17) is 0 Å². The molecule has 102 valence electrons. The van der Waals surface area contributed by atoms with Crippen molar-refractivity contribution in [2.45, 2.75) is 52.6 Å². The molecular weight excluding hydrogens is 224 g/mol. The second kappa shape index (κ2) is 6.23. The first-order valence-corrected chi connectivity index (χ1v) is 7.25. The van der Waals surface area contributed by atoms with Gasteiger partial charge in [-0.05, 0) is 45.8 Å². The van der Waals surface area contributed by atoms with E-state index in [1.54, 1.807) is 0 Å². The summed E-state index contributed by atoms with van der Waals surface area (Å²) in [7, 11) is 0. The maximum Gasteiger partial charge on any atom is 0.203 e. The molecule has 1 aliphatic carbocycles. The molecule has 0 atom stereocenters. The van der Waals surface area contributed by atoms with Gasteiger partial charge in [-0.25, -0.2) is 4.98 Å². The van der Waals surface area contributed by atoms with Crippen molar-refractivity contribution in [1.82, 2.24) is 14.5 Å². The van der Waals surface area contributed by atoms with Gasteiger partial charge in [0.25, 0.3) is 0 Å². The molecule has 0 spiro atoms. The Balaban J connectivity index is 1.83. The molecule has 1 fully saturated rings. The number of anilines is 1. The third-order valence-electron chi connectivity index (χ3n) is 3.58. The Labute approximate surface area is 110 Å². The first-order valence-electron chi connectivity index (χ1n) is 7.25. The van der Waals surface area contributed by atoms with Crippen LogP contribution in [-0.2, 0) is 6.54 Å². The van der Waals surface area contributed by atoms with E-state index in [0.717, 1.165) is 31.3 Å². The van der Waals surface area contributed by atoms with E-state index in [1.165, 1.54) is 25.8 Å². The maximum absolute atomic E-state index is 4.57. The predicted octanol–water partition coefficient (Wildman–Crippen LogP) is 2.50. The first-order chi connectivity index (χ1) is 8.72. The van der Waals surface area contributed by atoms with Crippen LogP contribution in [0.15, 0.2) is 6.20 Å². The SMILES string of the molecule is CCN(CC)CCCn1cc(C)nc1NC1CC1. The van der Waals surface area contributed by atoms with E-state index in [1.807, 2.05) is 0 Å². The molecule has 18 heavy (non-hydrogen) atoms. The smallest absolute Gasteiger partial charge is 0.203 e. The number of nitrogens with zero attached hydrogens (tertiary/aromatic N) is 3. The molecule has 1 heterocycles. The third-order valence-corrected chi connectivity index (χ3v) is 3.58. The minimum Gasteiger partial charge on any atom is -0.353 e. The Hall–Kier alpha value is -1.03. The molecule has 0 radical (unpaired) electrons. The van der Waals surface area contributed by atoms with Gasteiger partial charge in [0.15, 0.2) is 0 Å². The van der Waals surface area contributed by atoms with Crippen molar-refractivity contribution in [1.29, 1.82) is 0 Å². The molecule has 1 aromatic rings. The molecule has 1 saturated carbocycles. The number of nitrogens with one attached hydrogen (secondary N) is 1. The summed E-state index contributed by atoms with van der Waals surface area (Å²) in [6.07, 6.45) is 5.94. The van der Waals surface area contributed by atoms with E-state index in [9.17, 15) is 0 Å².